The third-order valence-corrected chi connectivity index (χ3v) is 2.76. The minimum absolute atomic E-state index is 0.0235. The third-order valence-electron chi connectivity index (χ3n) is 2.45. The third kappa shape index (κ3) is 5.48. The van der Waals surface area contributed by atoms with E-state index in [4.69, 9.17) is 4.74 Å². The zero-order valence-electron chi connectivity index (χ0n) is 9.42. The number of hydrogen-bond acceptors (Lipinski definition) is 3. The number of hydrogen-bond donors (Lipinski definition) is 0. The molecule has 1 aliphatic heterocycles. The van der Waals surface area contributed by atoms with Gasteiger partial charge in [0.15, 0.2) is 0 Å². The second-order valence-corrected chi connectivity index (χ2v) is 6.95. The SMILES string of the molecule is CN1CCN(CCOC(C)(C)I)CC1. The Morgan fingerprint density at radius 1 is 1.21 bits per heavy atom. The molecule has 1 aliphatic rings. The molecule has 0 N–H and O–H groups in total. The number of halogens is 1. The molecular formula is C10H21IN2O. The molecule has 1 rings (SSSR count). The second kappa shape index (κ2) is 5.63. The lowest BCUT2D eigenvalue weighted by atomic mass is 10.3. The predicted octanol–water partition coefficient (Wildman–Crippen LogP) is 1.42. The van der Waals surface area contributed by atoms with Crippen LogP contribution in [0.2, 0.25) is 0 Å². The van der Waals surface area contributed by atoms with Gasteiger partial charge >= 0.3 is 0 Å². The van der Waals surface area contributed by atoms with Crippen LogP contribution in [0, 0.1) is 0 Å². The Hall–Kier alpha value is 0.610. The molecule has 0 aliphatic carbocycles. The van der Waals surface area contributed by atoms with E-state index in [2.05, 4.69) is 53.3 Å². The lowest BCUT2D eigenvalue weighted by molar-refractivity contribution is 0.0384. The molecule has 0 aromatic rings. The first kappa shape index (κ1) is 12.7. The van der Waals surface area contributed by atoms with Crippen LogP contribution in [0.4, 0.5) is 0 Å². The summed E-state index contributed by atoms with van der Waals surface area (Å²) in [5.41, 5.74) is 0. The second-order valence-electron chi connectivity index (χ2n) is 4.36. The zero-order chi connectivity index (χ0) is 10.6. The Morgan fingerprint density at radius 2 is 1.79 bits per heavy atom. The number of nitrogens with zero attached hydrogens (tertiary/aromatic N) is 2. The Balaban J connectivity index is 2.08. The molecule has 0 spiro atoms. The monoisotopic (exact) mass is 312 g/mol. The highest BCUT2D eigenvalue weighted by Crippen LogP contribution is 2.17. The first-order valence-corrected chi connectivity index (χ1v) is 6.29. The van der Waals surface area contributed by atoms with E-state index in [1.165, 1.54) is 26.2 Å². The maximum atomic E-state index is 5.69. The minimum atomic E-state index is -0.0235. The van der Waals surface area contributed by atoms with Gasteiger partial charge < -0.3 is 9.64 Å². The van der Waals surface area contributed by atoms with Gasteiger partial charge in [-0.3, -0.25) is 4.90 Å². The molecule has 0 aromatic carbocycles. The van der Waals surface area contributed by atoms with Crippen LogP contribution >= 0.6 is 22.6 Å². The minimum Gasteiger partial charge on any atom is -0.364 e. The number of piperazine rings is 1. The van der Waals surface area contributed by atoms with E-state index >= 15 is 0 Å². The Morgan fingerprint density at radius 3 is 2.29 bits per heavy atom. The number of ether oxygens (including phenoxy) is 1. The van der Waals surface area contributed by atoms with Gasteiger partial charge in [0.25, 0.3) is 0 Å². The topological polar surface area (TPSA) is 15.7 Å². The van der Waals surface area contributed by atoms with E-state index in [0.717, 1.165) is 13.2 Å². The van der Waals surface area contributed by atoms with Gasteiger partial charge in [0.1, 0.15) is 3.61 Å². The first-order valence-electron chi connectivity index (χ1n) is 5.21. The number of rotatable bonds is 4. The summed E-state index contributed by atoms with van der Waals surface area (Å²) < 4.78 is 5.67. The summed E-state index contributed by atoms with van der Waals surface area (Å²) in [6.07, 6.45) is 0. The molecule has 0 atom stereocenters. The fourth-order valence-electron chi connectivity index (χ4n) is 1.49. The van der Waals surface area contributed by atoms with Crippen molar-refractivity contribution in [3.63, 3.8) is 0 Å². The lowest BCUT2D eigenvalue weighted by Crippen LogP contribution is -2.45. The Labute approximate surface area is 101 Å². The number of likely N-dealkylation sites (N-methyl/N-ethyl adjacent to an activating group) is 1. The van der Waals surface area contributed by atoms with Crippen molar-refractivity contribution in [2.45, 2.75) is 17.5 Å². The van der Waals surface area contributed by atoms with Crippen molar-refractivity contribution >= 4 is 22.6 Å². The molecule has 1 heterocycles. The van der Waals surface area contributed by atoms with Gasteiger partial charge in [-0.15, -0.1) is 0 Å². The highest BCUT2D eigenvalue weighted by Gasteiger charge is 2.16. The quantitative estimate of drug-likeness (QED) is 0.577. The van der Waals surface area contributed by atoms with Crippen molar-refractivity contribution < 1.29 is 4.74 Å². The van der Waals surface area contributed by atoms with Crippen LogP contribution < -0.4 is 0 Å². The van der Waals surface area contributed by atoms with Gasteiger partial charge in [-0.05, 0) is 43.5 Å². The predicted molar refractivity (Wildman–Crippen MR) is 68.0 cm³/mol. The van der Waals surface area contributed by atoms with E-state index in [0.29, 0.717) is 0 Å². The summed E-state index contributed by atoms with van der Waals surface area (Å²) in [6.45, 7) is 10.8. The molecule has 3 nitrogen and oxygen atoms in total. The molecule has 0 aromatic heterocycles. The van der Waals surface area contributed by atoms with Crippen LogP contribution in [0.5, 0.6) is 0 Å². The molecule has 0 amide bonds. The fourth-order valence-corrected chi connectivity index (χ4v) is 1.71. The summed E-state index contributed by atoms with van der Waals surface area (Å²) in [4.78, 5) is 4.85. The normalized spacial score (nSPS) is 21.4. The van der Waals surface area contributed by atoms with Gasteiger partial charge in [-0.25, -0.2) is 0 Å². The van der Waals surface area contributed by atoms with Gasteiger partial charge in [0.2, 0.25) is 0 Å². The molecule has 14 heavy (non-hydrogen) atoms. The van der Waals surface area contributed by atoms with Crippen LogP contribution in [0.1, 0.15) is 13.8 Å². The first-order chi connectivity index (χ1) is 6.47. The van der Waals surface area contributed by atoms with Crippen molar-refractivity contribution in [2.24, 2.45) is 0 Å². The highest BCUT2D eigenvalue weighted by atomic mass is 127. The maximum Gasteiger partial charge on any atom is 0.113 e. The van der Waals surface area contributed by atoms with E-state index in [9.17, 15) is 0 Å². The van der Waals surface area contributed by atoms with Gasteiger partial charge in [-0.1, -0.05) is 0 Å². The van der Waals surface area contributed by atoms with Crippen LogP contribution in [0.3, 0.4) is 0 Å². The van der Waals surface area contributed by atoms with Crippen molar-refractivity contribution in [3.8, 4) is 0 Å². The van der Waals surface area contributed by atoms with Gasteiger partial charge in [-0.2, -0.15) is 0 Å². The Kier molecular flexibility index (Phi) is 5.10. The van der Waals surface area contributed by atoms with Gasteiger partial charge in [0, 0.05) is 32.7 Å². The summed E-state index contributed by atoms with van der Waals surface area (Å²) >= 11 is 2.33. The largest absolute Gasteiger partial charge is 0.364 e. The zero-order valence-corrected chi connectivity index (χ0v) is 11.6. The van der Waals surface area contributed by atoms with Crippen LogP contribution in [0.25, 0.3) is 0 Å². The summed E-state index contributed by atoms with van der Waals surface area (Å²) in [7, 11) is 2.18. The molecule has 1 saturated heterocycles. The summed E-state index contributed by atoms with van der Waals surface area (Å²) in [6, 6.07) is 0. The molecule has 0 radical (unpaired) electrons. The summed E-state index contributed by atoms with van der Waals surface area (Å²) in [5, 5.41) is 0. The Bertz CT molecular complexity index is 162. The fraction of sp³-hybridized carbons (Fsp3) is 1.00. The van der Waals surface area contributed by atoms with E-state index < -0.39 is 0 Å². The van der Waals surface area contributed by atoms with Crippen molar-refractivity contribution in [3.05, 3.63) is 0 Å². The standard InChI is InChI=1S/C10H21IN2O/c1-10(2,11)14-9-8-13-6-4-12(3)5-7-13/h4-9H2,1-3H3. The van der Waals surface area contributed by atoms with Gasteiger partial charge in [0.05, 0.1) is 6.61 Å². The van der Waals surface area contributed by atoms with Crippen molar-refractivity contribution in [2.75, 3.05) is 46.4 Å². The number of alkyl halides is 1. The average Bonchev–Trinajstić information content (AvgIpc) is 2.06. The highest BCUT2D eigenvalue weighted by molar-refractivity contribution is 14.1. The molecule has 0 unspecified atom stereocenters. The van der Waals surface area contributed by atoms with E-state index in [1.807, 2.05) is 0 Å². The smallest absolute Gasteiger partial charge is 0.113 e. The molecule has 84 valence electrons. The molecular weight excluding hydrogens is 291 g/mol. The van der Waals surface area contributed by atoms with E-state index in [1.54, 1.807) is 0 Å². The van der Waals surface area contributed by atoms with Crippen LogP contribution in [0.15, 0.2) is 0 Å². The molecule has 0 saturated carbocycles. The lowest BCUT2D eigenvalue weighted by Gasteiger charge is -2.32. The van der Waals surface area contributed by atoms with Crippen LogP contribution in [-0.2, 0) is 4.74 Å². The molecule has 1 fully saturated rings. The molecule has 4 heteroatoms. The van der Waals surface area contributed by atoms with Crippen molar-refractivity contribution in [1.82, 2.24) is 9.80 Å². The summed E-state index contributed by atoms with van der Waals surface area (Å²) in [5.74, 6) is 0. The van der Waals surface area contributed by atoms with Crippen molar-refractivity contribution in [1.29, 1.82) is 0 Å². The molecule has 0 bridgehead atoms. The van der Waals surface area contributed by atoms with Crippen LogP contribution in [-0.4, -0.2) is 59.8 Å². The van der Waals surface area contributed by atoms with E-state index in [-0.39, 0.29) is 3.61 Å². The average molecular weight is 312 g/mol. The maximum absolute atomic E-state index is 5.69.